The average Bonchev–Trinajstić information content (AvgIpc) is 3.08. The Morgan fingerprint density at radius 3 is 2.27 bits per heavy atom. The fourth-order valence-electron chi connectivity index (χ4n) is 4.92. The van der Waals surface area contributed by atoms with Crippen LogP contribution in [-0.4, -0.2) is 35.3 Å². The molecule has 1 aliphatic heterocycles. The van der Waals surface area contributed by atoms with E-state index in [9.17, 15) is 14.0 Å². The highest BCUT2D eigenvalue weighted by Crippen LogP contribution is 2.37. The smallest absolute Gasteiger partial charge is 0.278 e. The summed E-state index contributed by atoms with van der Waals surface area (Å²) in [7, 11) is 0. The topological polar surface area (TPSA) is 64.0 Å². The van der Waals surface area contributed by atoms with E-state index in [-0.39, 0.29) is 43.8 Å². The molecule has 2 heterocycles. The Balaban J connectivity index is 0.00000133. The van der Waals surface area contributed by atoms with Gasteiger partial charge in [0.25, 0.3) is 5.91 Å². The van der Waals surface area contributed by atoms with Crippen LogP contribution in [0, 0.1) is 5.82 Å². The Labute approximate surface area is 265 Å². The lowest BCUT2D eigenvalue weighted by Gasteiger charge is -2.44. The van der Waals surface area contributed by atoms with Crippen molar-refractivity contribution in [3.63, 3.8) is 0 Å². The molecule has 8 heteroatoms. The van der Waals surface area contributed by atoms with Gasteiger partial charge in [0.15, 0.2) is 11.4 Å². The highest BCUT2D eigenvalue weighted by molar-refractivity contribution is 5.96. The van der Waals surface area contributed by atoms with Crippen molar-refractivity contribution >= 4 is 5.91 Å². The number of hydrogen-bond acceptors (Lipinski definition) is 5. The normalized spacial score (nSPS) is 12.4. The summed E-state index contributed by atoms with van der Waals surface area (Å²) >= 11 is 0. The van der Waals surface area contributed by atoms with Gasteiger partial charge in [0.05, 0.1) is 0 Å². The predicted octanol–water partition coefficient (Wildman–Crippen LogP) is 7.51. The second-order valence-corrected chi connectivity index (χ2v) is 9.47. The summed E-state index contributed by atoms with van der Waals surface area (Å²) in [6.07, 6.45) is 4.82. The molecule has 1 amide bonds. The van der Waals surface area contributed by atoms with Crippen molar-refractivity contribution in [1.82, 2.24) is 9.58 Å². The fraction of sp³-hybridized carbons (Fsp3) is 0.243. The Kier molecular flexibility index (Phi) is 13.2. The molecular weight excluding hydrogens is 569 g/mol. The van der Waals surface area contributed by atoms with E-state index in [0.29, 0.717) is 11.3 Å². The summed E-state index contributed by atoms with van der Waals surface area (Å²) in [5.74, 6) is -0.262. The van der Waals surface area contributed by atoms with E-state index >= 15 is 0 Å². The number of aromatic nitrogens is 1. The molecule has 0 spiro atoms. The highest BCUT2D eigenvalue weighted by Gasteiger charge is 2.37. The molecule has 0 N–H and O–H groups in total. The van der Waals surface area contributed by atoms with Gasteiger partial charge in [0.2, 0.25) is 5.43 Å². The van der Waals surface area contributed by atoms with Gasteiger partial charge in [0, 0.05) is 24.4 Å². The number of para-hydroxylation sites is 1. The molecule has 1 aliphatic rings. The Morgan fingerprint density at radius 1 is 0.867 bits per heavy atom. The number of halogens is 1. The molecule has 0 aliphatic carbocycles. The number of carbonyl (C=O) groups is 1. The number of pyridine rings is 1. The maximum atomic E-state index is 14.6. The molecule has 1 aromatic heterocycles. The second kappa shape index (κ2) is 17.3. The Morgan fingerprint density at radius 2 is 1.58 bits per heavy atom. The van der Waals surface area contributed by atoms with Crippen molar-refractivity contribution in [2.75, 3.05) is 24.8 Å². The van der Waals surface area contributed by atoms with Crippen molar-refractivity contribution < 1.29 is 18.7 Å². The molecule has 7 nitrogen and oxygen atoms in total. The molecule has 5 rings (SSSR count). The second-order valence-electron chi connectivity index (χ2n) is 9.47. The first-order valence-corrected chi connectivity index (χ1v) is 15.2. The van der Waals surface area contributed by atoms with E-state index in [1.54, 1.807) is 34.0 Å². The molecular formula is C37H42FN3O4. The van der Waals surface area contributed by atoms with Gasteiger partial charge in [0.1, 0.15) is 37.5 Å². The van der Waals surface area contributed by atoms with Crippen LogP contribution in [0.3, 0.4) is 0 Å². The number of nitrogens with zero attached hydrogens (tertiary/aromatic N) is 3. The molecule has 0 fully saturated rings. The van der Waals surface area contributed by atoms with Crippen LogP contribution in [0.2, 0.25) is 0 Å². The van der Waals surface area contributed by atoms with E-state index in [0.717, 1.165) is 11.1 Å². The van der Waals surface area contributed by atoms with Crippen molar-refractivity contribution in [3.8, 4) is 11.5 Å². The molecule has 1 atom stereocenters. The van der Waals surface area contributed by atoms with Crippen LogP contribution in [0.1, 0.15) is 60.9 Å². The zero-order valence-electron chi connectivity index (χ0n) is 26.5. The predicted molar refractivity (Wildman–Crippen MR) is 179 cm³/mol. The molecule has 4 aromatic rings. The molecule has 0 bridgehead atoms. The van der Waals surface area contributed by atoms with Crippen LogP contribution >= 0.6 is 0 Å². The largest absolute Gasteiger partial charge is 0.489 e. The zero-order chi connectivity index (χ0) is 32.8. The monoisotopic (exact) mass is 611 g/mol. The van der Waals surface area contributed by atoms with Gasteiger partial charge < -0.3 is 14.4 Å². The average molecular weight is 612 g/mol. The number of carbonyl (C=O) groups excluding carboxylic acids is 1. The third kappa shape index (κ3) is 8.09. The van der Waals surface area contributed by atoms with Gasteiger partial charge in [-0.05, 0) is 29.3 Å². The third-order valence-corrected chi connectivity index (χ3v) is 6.73. The highest BCUT2D eigenvalue weighted by atomic mass is 19.1. The van der Waals surface area contributed by atoms with Crippen LogP contribution in [0.15, 0.2) is 121 Å². The summed E-state index contributed by atoms with van der Waals surface area (Å²) in [6, 6.07) is 23.9. The molecule has 0 saturated carbocycles. The van der Waals surface area contributed by atoms with Crippen LogP contribution < -0.4 is 19.9 Å². The van der Waals surface area contributed by atoms with Crippen LogP contribution in [0.25, 0.3) is 0 Å². The fourth-order valence-corrected chi connectivity index (χ4v) is 4.92. The lowest BCUT2D eigenvalue weighted by molar-refractivity contribution is 0.0698. The first-order chi connectivity index (χ1) is 22.0. The standard InChI is InChI=1S/C33H30FN3O4.2C2H6/c1-3-18-35-23-37(30(25-13-10-14-26(34)21-25)27-15-8-9-16-29(27)40-20-4-2)36-19-17-28(38)32(31(36)33(35)39)41-22-24-11-6-5-7-12-24;2*1-2/h3-17,19,21,30H,1-2,18,20,22-23H2;2*1-2H3. The Bertz CT molecular complexity index is 1620. The van der Waals surface area contributed by atoms with E-state index < -0.39 is 17.3 Å². The number of fused-ring (bicyclic) bond motifs is 1. The number of benzene rings is 3. The number of ether oxygens (including phenoxy) is 2. The minimum atomic E-state index is -0.615. The van der Waals surface area contributed by atoms with Gasteiger partial charge in [-0.2, -0.15) is 0 Å². The van der Waals surface area contributed by atoms with E-state index in [1.165, 1.54) is 18.2 Å². The van der Waals surface area contributed by atoms with Crippen LogP contribution in [0.4, 0.5) is 4.39 Å². The lowest BCUT2D eigenvalue weighted by atomic mass is 9.96. The summed E-state index contributed by atoms with van der Waals surface area (Å²) < 4.78 is 28.3. The van der Waals surface area contributed by atoms with E-state index in [2.05, 4.69) is 13.2 Å². The summed E-state index contributed by atoms with van der Waals surface area (Å²) in [6.45, 7) is 16.3. The van der Waals surface area contributed by atoms with Crippen molar-refractivity contribution in [1.29, 1.82) is 0 Å². The molecule has 45 heavy (non-hydrogen) atoms. The number of hydrogen-bond donors (Lipinski definition) is 0. The first-order valence-electron chi connectivity index (χ1n) is 15.2. The van der Waals surface area contributed by atoms with Crippen LogP contribution in [0.5, 0.6) is 11.5 Å². The number of rotatable bonds is 11. The number of amides is 1. The summed E-state index contributed by atoms with van der Waals surface area (Å²) in [5.41, 5.74) is 1.88. The lowest BCUT2D eigenvalue weighted by Crippen LogP contribution is -2.55. The SMILES string of the molecule is C=CCOc1ccccc1C(c1cccc(F)c1)N1CN(CC=C)C(=O)c2c(OCc3ccccc3)c(=O)ccn21.CC.CC. The van der Waals surface area contributed by atoms with E-state index in [4.69, 9.17) is 9.47 Å². The quantitative estimate of drug-likeness (QED) is 0.164. The van der Waals surface area contributed by atoms with Crippen molar-refractivity contribution in [3.05, 3.63) is 155 Å². The Hall–Kier alpha value is -5.11. The van der Waals surface area contributed by atoms with Crippen molar-refractivity contribution in [2.45, 2.75) is 40.3 Å². The molecule has 0 radical (unpaired) electrons. The molecule has 236 valence electrons. The van der Waals surface area contributed by atoms with Gasteiger partial charge in [-0.1, -0.05) is 107 Å². The van der Waals surface area contributed by atoms with Gasteiger partial charge in [-0.3, -0.25) is 19.3 Å². The van der Waals surface area contributed by atoms with Gasteiger partial charge in [-0.25, -0.2) is 4.39 Å². The maximum absolute atomic E-state index is 14.6. The van der Waals surface area contributed by atoms with Crippen LogP contribution in [-0.2, 0) is 6.61 Å². The first kappa shape index (κ1) is 34.4. The minimum absolute atomic E-state index is 0.0608. The summed E-state index contributed by atoms with van der Waals surface area (Å²) in [4.78, 5) is 28.5. The minimum Gasteiger partial charge on any atom is -0.489 e. The van der Waals surface area contributed by atoms with E-state index in [1.807, 2.05) is 93.4 Å². The molecule has 0 saturated heterocycles. The zero-order valence-corrected chi connectivity index (χ0v) is 26.5. The van der Waals surface area contributed by atoms with Gasteiger partial charge >= 0.3 is 0 Å². The summed E-state index contributed by atoms with van der Waals surface area (Å²) in [5, 5.41) is 1.89. The maximum Gasteiger partial charge on any atom is 0.278 e. The third-order valence-electron chi connectivity index (χ3n) is 6.73. The molecule has 1 unspecified atom stereocenters. The molecule has 3 aromatic carbocycles. The van der Waals surface area contributed by atoms with Gasteiger partial charge in [-0.15, -0.1) is 6.58 Å². The van der Waals surface area contributed by atoms with Crippen molar-refractivity contribution in [2.24, 2.45) is 0 Å².